The highest BCUT2D eigenvalue weighted by Gasteiger charge is 2.24. The fourth-order valence-corrected chi connectivity index (χ4v) is 2.21. The summed E-state index contributed by atoms with van der Waals surface area (Å²) in [6.07, 6.45) is 1.41. The smallest absolute Gasteiger partial charge is 0.254 e. The number of aryl methyl sites for hydroxylation is 1. The van der Waals surface area contributed by atoms with Crippen LogP contribution in [0.3, 0.4) is 0 Å². The molecule has 94 valence electrons. The third kappa shape index (κ3) is 2.51. The lowest BCUT2D eigenvalue weighted by Crippen LogP contribution is -2.38. The van der Waals surface area contributed by atoms with Gasteiger partial charge < -0.3 is 4.90 Å². The third-order valence-corrected chi connectivity index (χ3v) is 3.39. The minimum atomic E-state index is -0.393. The first-order valence-electron chi connectivity index (χ1n) is 6.07. The minimum absolute atomic E-state index is 0.0441. The van der Waals surface area contributed by atoms with Gasteiger partial charge in [0.15, 0.2) is 0 Å². The number of halogens is 1. The first kappa shape index (κ1) is 12.6. The monoisotopic (exact) mass is 246 g/mol. The number of nitrogens with zero attached hydrogens (tertiary/aromatic N) is 2. The van der Waals surface area contributed by atoms with Crippen LogP contribution in [0.2, 0.25) is 0 Å². The molecule has 2 rings (SSSR count). The molecule has 0 N–H and O–H groups in total. The van der Waals surface area contributed by atoms with Crippen LogP contribution >= 0.6 is 0 Å². The van der Waals surface area contributed by atoms with Gasteiger partial charge in [-0.15, -0.1) is 0 Å². The van der Waals surface area contributed by atoms with Gasteiger partial charge >= 0.3 is 0 Å². The topological polar surface area (TPSA) is 44.1 Å². The molecule has 1 amide bonds. The van der Waals surface area contributed by atoms with Crippen LogP contribution in [-0.4, -0.2) is 23.9 Å². The Morgan fingerprint density at radius 2 is 2.11 bits per heavy atom. The predicted octanol–water partition coefficient (Wildman–Crippen LogP) is 2.51. The number of piperidine rings is 1. The quantitative estimate of drug-likeness (QED) is 0.764. The van der Waals surface area contributed by atoms with Crippen LogP contribution in [0, 0.1) is 30.0 Å². The molecule has 4 heteroatoms. The largest absolute Gasteiger partial charge is 0.339 e. The molecular formula is C14H15FN2O. The van der Waals surface area contributed by atoms with Gasteiger partial charge in [-0.25, -0.2) is 4.39 Å². The average molecular weight is 246 g/mol. The first-order chi connectivity index (χ1) is 8.61. The summed E-state index contributed by atoms with van der Waals surface area (Å²) >= 11 is 0. The Kier molecular flexibility index (Phi) is 3.61. The lowest BCUT2D eigenvalue weighted by Gasteiger charge is -2.29. The van der Waals surface area contributed by atoms with Crippen molar-refractivity contribution in [1.29, 1.82) is 5.26 Å². The van der Waals surface area contributed by atoms with Crippen LogP contribution < -0.4 is 0 Å². The van der Waals surface area contributed by atoms with Gasteiger partial charge in [-0.2, -0.15) is 5.26 Å². The van der Waals surface area contributed by atoms with E-state index in [1.807, 2.05) is 0 Å². The summed E-state index contributed by atoms with van der Waals surface area (Å²) in [5.41, 5.74) is 1.20. The highest BCUT2D eigenvalue weighted by atomic mass is 19.1. The number of likely N-dealkylation sites (tertiary alicyclic amines) is 1. The van der Waals surface area contributed by atoms with Crippen molar-refractivity contribution in [3.8, 4) is 6.07 Å². The summed E-state index contributed by atoms with van der Waals surface area (Å²) in [4.78, 5) is 13.9. The zero-order valence-electron chi connectivity index (χ0n) is 10.3. The molecule has 0 spiro atoms. The van der Waals surface area contributed by atoms with Crippen molar-refractivity contribution >= 4 is 5.91 Å². The minimum Gasteiger partial charge on any atom is -0.339 e. The SMILES string of the molecule is Cc1ccc(F)cc1C(=O)N1CCC(C#N)CC1. The zero-order valence-corrected chi connectivity index (χ0v) is 10.3. The van der Waals surface area contributed by atoms with Crippen molar-refractivity contribution in [3.63, 3.8) is 0 Å². The van der Waals surface area contributed by atoms with Gasteiger partial charge in [-0.3, -0.25) is 4.79 Å². The fraction of sp³-hybridized carbons (Fsp3) is 0.429. The van der Waals surface area contributed by atoms with Gasteiger partial charge in [-0.05, 0) is 37.5 Å². The predicted molar refractivity (Wildman–Crippen MR) is 65.4 cm³/mol. The molecule has 1 aliphatic heterocycles. The second-order valence-electron chi connectivity index (χ2n) is 4.65. The third-order valence-electron chi connectivity index (χ3n) is 3.39. The lowest BCUT2D eigenvalue weighted by molar-refractivity contribution is 0.0706. The molecule has 1 saturated heterocycles. The molecule has 1 aliphatic rings. The van der Waals surface area contributed by atoms with Gasteiger partial charge in [0.05, 0.1) is 6.07 Å². The molecule has 0 radical (unpaired) electrons. The fourth-order valence-electron chi connectivity index (χ4n) is 2.21. The Morgan fingerprint density at radius 3 is 2.72 bits per heavy atom. The number of hydrogen-bond acceptors (Lipinski definition) is 2. The Morgan fingerprint density at radius 1 is 1.44 bits per heavy atom. The van der Waals surface area contributed by atoms with Crippen molar-refractivity contribution in [2.24, 2.45) is 5.92 Å². The second-order valence-corrected chi connectivity index (χ2v) is 4.65. The summed E-state index contributed by atoms with van der Waals surface area (Å²) in [5.74, 6) is -0.484. The maximum atomic E-state index is 13.2. The molecule has 0 saturated carbocycles. The van der Waals surface area contributed by atoms with E-state index < -0.39 is 5.82 Å². The Bertz CT molecular complexity index is 499. The van der Waals surface area contributed by atoms with Gasteiger partial charge in [-0.1, -0.05) is 6.07 Å². The van der Waals surface area contributed by atoms with Crippen molar-refractivity contribution in [2.45, 2.75) is 19.8 Å². The highest BCUT2D eigenvalue weighted by molar-refractivity contribution is 5.95. The summed E-state index contributed by atoms with van der Waals surface area (Å²) in [6, 6.07) is 6.48. The Labute approximate surface area is 106 Å². The lowest BCUT2D eigenvalue weighted by atomic mass is 9.97. The molecule has 1 aromatic rings. The molecular weight excluding hydrogens is 231 g/mol. The summed E-state index contributed by atoms with van der Waals surface area (Å²) in [7, 11) is 0. The van der Waals surface area contributed by atoms with E-state index in [1.54, 1.807) is 17.9 Å². The summed E-state index contributed by atoms with van der Waals surface area (Å²) in [5, 5.41) is 8.81. The van der Waals surface area contributed by atoms with E-state index in [9.17, 15) is 9.18 Å². The van der Waals surface area contributed by atoms with Gasteiger partial charge in [0.2, 0.25) is 0 Å². The standard InChI is InChI=1S/C14H15FN2O/c1-10-2-3-12(15)8-13(10)14(18)17-6-4-11(9-16)5-7-17/h2-3,8,11H,4-7H2,1H3. The van der Waals surface area contributed by atoms with E-state index in [0.29, 0.717) is 31.5 Å². The molecule has 0 bridgehead atoms. The maximum Gasteiger partial charge on any atom is 0.254 e. The number of benzene rings is 1. The summed E-state index contributed by atoms with van der Waals surface area (Å²) < 4.78 is 13.2. The zero-order chi connectivity index (χ0) is 13.1. The van der Waals surface area contributed by atoms with Crippen LogP contribution in [0.1, 0.15) is 28.8 Å². The Balaban J connectivity index is 2.13. The molecule has 1 fully saturated rings. The molecule has 0 atom stereocenters. The number of rotatable bonds is 1. The van der Waals surface area contributed by atoms with Crippen molar-refractivity contribution in [1.82, 2.24) is 4.90 Å². The van der Waals surface area contributed by atoms with Crippen molar-refractivity contribution in [3.05, 3.63) is 35.1 Å². The Hall–Kier alpha value is -1.89. The van der Waals surface area contributed by atoms with E-state index in [2.05, 4.69) is 6.07 Å². The van der Waals surface area contributed by atoms with E-state index in [-0.39, 0.29) is 11.8 Å². The van der Waals surface area contributed by atoms with Crippen LogP contribution in [0.25, 0.3) is 0 Å². The van der Waals surface area contributed by atoms with Crippen LogP contribution in [-0.2, 0) is 0 Å². The van der Waals surface area contributed by atoms with E-state index in [1.165, 1.54) is 12.1 Å². The molecule has 1 aromatic carbocycles. The van der Waals surface area contributed by atoms with Crippen LogP contribution in [0.4, 0.5) is 4.39 Å². The number of carbonyl (C=O) groups is 1. The van der Waals surface area contributed by atoms with Gasteiger partial charge in [0.1, 0.15) is 5.82 Å². The molecule has 0 aromatic heterocycles. The molecule has 18 heavy (non-hydrogen) atoms. The molecule has 1 heterocycles. The number of amides is 1. The van der Waals surface area contributed by atoms with Crippen LogP contribution in [0.5, 0.6) is 0 Å². The van der Waals surface area contributed by atoms with Crippen LogP contribution in [0.15, 0.2) is 18.2 Å². The average Bonchev–Trinajstić information content (AvgIpc) is 2.41. The number of hydrogen-bond donors (Lipinski definition) is 0. The van der Waals surface area contributed by atoms with Crippen molar-refractivity contribution < 1.29 is 9.18 Å². The van der Waals surface area contributed by atoms with E-state index in [4.69, 9.17) is 5.26 Å². The molecule has 0 aliphatic carbocycles. The normalized spacial score (nSPS) is 16.4. The van der Waals surface area contributed by atoms with E-state index >= 15 is 0 Å². The summed E-state index contributed by atoms with van der Waals surface area (Å²) in [6.45, 7) is 2.95. The van der Waals surface area contributed by atoms with E-state index in [0.717, 1.165) is 5.56 Å². The second kappa shape index (κ2) is 5.18. The number of carbonyl (C=O) groups excluding carboxylic acids is 1. The molecule has 0 unspecified atom stereocenters. The highest BCUT2D eigenvalue weighted by Crippen LogP contribution is 2.20. The molecule has 3 nitrogen and oxygen atoms in total. The maximum absolute atomic E-state index is 13.2. The van der Waals surface area contributed by atoms with Crippen molar-refractivity contribution in [2.75, 3.05) is 13.1 Å². The first-order valence-corrected chi connectivity index (χ1v) is 6.07. The van der Waals surface area contributed by atoms with Gasteiger partial charge in [0, 0.05) is 24.6 Å². The number of nitriles is 1. The van der Waals surface area contributed by atoms with Gasteiger partial charge in [0.25, 0.3) is 5.91 Å².